The van der Waals surface area contributed by atoms with Gasteiger partial charge < -0.3 is 19.3 Å². The van der Waals surface area contributed by atoms with Crippen LogP contribution in [0, 0.1) is 0 Å². The minimum atomic E-state index is -3.74. The molecule has 0 bridgehead atoms. The van der Waals surface area contributed by atoms with Crippen molar-refractivity contribution < 1.29 is 27.5 Å². The van der Waals surface area contributed by atoms with Crippen molar-refractivity contribution in [3.63, 3.8) is 0 Å². The van der Waals surface area contributed by atoms with Crippen LogP contribution in [0.1, 0.15) is 13.3 Å². The van der Waals surface area contributed by atoms with Crippen LogP contribution in [-0.4, -0.2) is 81.5 Å². The Labute approximate surface area is 174 Å². The minimum Gasteiger partial charge on any atom is -0.490 e. The average molecular weight is 433 g/mol. The van der Waals surface area contributed by atoms with Crippen molar-refractivity contribution >= 4 is 27.5 Å². The van der Waals surface area contributed by atoms with Crippen molar-refractivity contribution in [3.8, 4) is 5.75 Å². The summed E-state index contributed by atoms with van der Waals surface area (Å²) in [4.78, 5) is 27.7. The van der Waals surface area contributed by atoms with Gasteiger partial charge in [-0.15, -0.1) is 0 Å². The van der Waals surface area contributed by atoms with Gasteiger partial charge in [0.25, 0.3) is 5.91 Å². The molecule has 2 amide bonds. The molecule has 0 radical (unpaired) electrons. The zero-order valence-corrected chi connectivity index (χ0v) is 17.5. The van der Waals surface area contributed by atoms with Crippen molar-refractivity contribution in [1.29, 1.82) is 0 Å². The van der Waals surface area contributed by atoms with E-state index in [1.807, 2.05) is 0 Å². The van der Waals surface area contributed by atoms with Gasteiger partial charge in [0.1, 0.15) is 18.5 Å². The second-order valence-electron chi connectivity index (χ2n) is 7.97. The molecule has 0 spiro atoms. The molecule has 0 N–H and O–H groups in total. The van der Waals surface area contributed by atoms with E-state index in [0.29, 0.717) is 44.3 Å². The van der Waals surface area contributed by atoms with Crippen LogP contribution in [0.2, 0.25) is 0 Å². The largest absolute Gasteiger partial charge is 0.490 e. The van der Waals surface area contributed by atoms with Gasteiger partial charge in [-0.05, 0) is 29.3 Å². The Hall–Kier alpha value is -2.43. The zero-order valence-electron chi connectivity index (χ0n) is 16.7. The minimum absolute atomic E-state index is 0.0101. The Bertz CT molecular complexity index is 1040. The van der Waals surface area contributed by atoms with E-state index in [1.54, 1.807) is 11.0 Å². The third kappa shape index (κ3) is 3.10. The molecule has 1 atom stereocenters. The Morgan fingerprint density at radius 3 is 2.37 bits per heavy atom. The number of hydrogen-bond acceptors (Lipinski definition) is 6. The summed E-state index contributed by atoms with van der Waals surface area (Å²) >= 11 is 0. The summed E-state index contributed by atoms with van der Waals surface area (Å²) in [6.07, 6.45) is 0.409. The van der Waals surface area contributed by atoms with Crippen molar-refractivity contribution in [1.82, 2.24) is 9.21 Å². The number of nitrogens with zero attached hydrogens (tertiary/aromatic N) is 3. The maximum Gasteiger partial charge on any atom is 0.252 e. The van der Waals surface area contributed by atoms with E-state index in [9.17, 15) is 18.0 Å². The summed E-state index contributed by atoms with van der Waals surface area (Å²) in [6.45, 7) is 4.30. The Morgan fingerprint density at radius 1 is 1.07 bits per heavy atom. The number of hydrogen-bond donors (Lipinski definition) is 0. The van der Waals surface area contributed by atoms with Gasteiger partial charge in [-0.25, -0.2) is 8.42 Å². The van der Waals surface area contributed by atoms with Gasteiger partial charge in [-0.1, -0.05) is 0 Å². The van der Waals surface area contributed by atoms with Gasteiger partial charge in [0, 0.05) is 39.5 Å². The molecule has 0 aliphatic carbocycles. The number of benzene rings is 1. The highest BCUT2D eigenvalue weighted by Gasteiger charge is 2.40. The maximum atomic E-state index is 13.3. The maximum absolute atomic E-state index is 13.3. The van der Waals surface area contributed by atoms with E-state index in [4.69, 9.17) is 9.47 Å². The predicted molar refractivity (Wildman–Crippen MR) is 107 cm³/mol. The van der Waals surface area contributed by atoms with E-state index in [0.717, 1.165) is 17.6 Å². The Kier molecular flexibility index (Phi) is 4.60. The lowest BCUT2D eigenvalue weighted by molar-refractivity contribution is -0.154. The molecule has 4 heterocycles. The summed E-state index contributed by atoms with van der Waals surface area (Å²) in [5, 5.41) is 0. The summed E-state index contributed by atoms with van der Waals surface area (Å²) in [5.41, 5.74) is 2.45. The Morgan fingerprint density at radius 2 is 1.77 bits per heavy atom. The fraction of sp³-hybridized carbons (Fsp3) is 0.500. The molecule has 10 heteroatoms. The first-order valence-corrected chi connectivity index (χ1v) is 11.4. The average Bonchev–Trinajstić information content (AvgIpc) is 3.25. The van der Waals surface area contributed by atoms with Gasteiger partial charge in [-0.2, -0.15) is 4.31 Å². The molecule has 0 saturated carbocycles. The molecule has 0 aromatic heterocycles. The number of ether oxygens (including phenoxy) is 2. The van der Waals surface area contributed by atoms with Crippen LogP contribution >= 0.6 is 0 Å². The van der Waals surface area contributed by atoms with Gasteiger partial charge in [0.15, 0.2) is 0 Å². The van der Waals surface area contributed by atoms with Gasteiger partial charge in [0.2, 0.25) is 15.9 Å². The fourth-order valence-electron chi connectivity index (χ4n) is 4.34. The monoisotopic (exact) mass is 433 g/mol. The van der Waals surface area contributed by atoms with Crippen LogP contribution in [0.25, 0.3) is 0 Å². The molecule has 1 saturated heterocycles. The van der Waals surface area contributed by atoms with E-state index in [1.165, 1.54) is 28.3 Å². The van der Waals surface area contributed by atoms with Crippen LogP contribution < -0.4 is 9.64 Å². The standard InChI is InChI=1S/C20H23N3O6S/c1-13(24)23-5-7-29-18-3-2-16(8-17(18)23)30(26,27)22-11-14-9-21(10-15(14)12-22)20(25)19-4-6-28-19/h2-3,8,19H,4-7,9-12H2,1H3. The molecule has 1 unspecified atom stereocenters. The smallest absolute Gasteiger partial charge is 0.252 e. The van der Waals surface area contributed by atoms with Crippen LogP contribution in [-0.2, 0) is 24.3 Å². The van der Waals surface area contributed by atoms with Crippen LogP contribution in [0.15, 0.2) is 34.2 Å². The van der Waals surface area contributed by atoms with Crippen molar-refractivity contribution in [3.05, 3.63) is 29.3 Å². The number of rotatable bonds is 3. The van der Waals surface area contributed by atoms with E-state index < -0.39 is 10.0 Å². The second-order valence-corrected chi connectivity index (χ2v) is 9.91. The molecule has 1 aromatic rings. The number of sulfonamides is 1. The lowest BCUT2D eigenvalue weighted by atomic mass is 10.1. The van der Waals surface area contributed by atoms with Crippen LogP contribution in [0.3, 0.4) is 0 Å². The highest BCUT2D eigenvalue weighted by Crippen LogP contribution is 2.36. The normalized spacial score (nSPS) is 23.7. The highest BCUT2D eigenvalue weighted by molar-refractivity contribution is 7.89. The van der Waals surface area contributed by atoms with Crippen molar-refractivity contribution in [2.75, 3.05) is 50.8 Å². The molecule has 5 rings (SSSR count). The summed E-state index contributed by atoms with van der Waals surface area (Å²) < 4.78 is 38.8. The first-order chi connectivity index (χ1) is 14.3. The molecule has 1 aromatic carbocycles. The van der Waals surface area contributed by atoms with E-state index in [-0.39, 0.29) is 35.9 Å². The lowest BCUT2D eigenvalue weighted by Crippen LogP contribution is -2.46. The molecule has 4 aliphatic heterocycles. The summed E-state index contributed by atoms with van der Waals surface area (Å²) in [6, 6.07) is 4.64. The fourth-order valence-corrected chi connectivity index (χ4v) is 5.79. The quantitative estimate of drug-likeness (QED) is 0.639. The third-order valence-corrected chi connectivity index (χ3v) is 7.88. The Balaban J connectivity index is 1.32. The highest BCUT2D eigenvalue weighted by atomic mass is 32.2. The van der Waals surface area contributed by atoms with Crippen LogP contribution in [0.4, 0.5) is 5.69 Å². The summed E-state index contributed by atoms with van der Waals surface area (Å²) in [5.74, 6) is 0.338. The van der Waals surface area contributed by atoms with Crippen molar-refractivity contribution in [2.45, 2.75) is 24.3 Å². The van der Waals surface area contributed by atoms with Gasteiger partial charge >= 0.3 is 0 Å². The number of carbonyl (C=O) groups excluding carboxylic acids is 2. The summed E-state index contributed by atoms with van der Waals surface area (Å²) in [7, 11) is -3.74. The molecule has 160 valence electrons. The number of carbonyl (C=O) groups is 2. The molecular weight excluding hydrogens is 410 g/mol. The lowest BCUT2D eigenvalue weighted by Gasteiger charge is -2.31. The number of amides is 2. The first kappa shape index (κ1) is 19.5. The van der Waals surface area contributed by atoms with E-state index >= 15 is 0 Å². The second kappa shape index (κ2) is 7.07. The third-order valence-electron chi connectivity index (χ3n) is 6.10. The topological polar surface area (TPSA) is 96.5 Å². The molecule has 1 fully saturated rings. The van der Waals surface area contributed by atoms with E-state index in [2.05, 4.69) is 0 Å². The molecule has 4 aliphatic rings. The molecule has 30 heavy (non-hydrogen) atoms. The SMILES string of the molecule is CC(=O)N1CCOc2ccc(S(=O)(=O)N3CC4=C(CN(C(=O)C5CCO5)C4)C3)cc21. The molecular formula is C20H23N3O6S. The number of fused-ring (bicyclic) bond motifs is 1. The van der Waals surface area contributed by atoms with Crippen LogP contribution in [0.5, 0.6) is 5.75 Å². The molecule has 9 nitrogen and oxygen atoms in total. The first-order valence-electron chi connectivity index (χ1n) is 10.00. The van der Waals surface area contributed by atoms with Gasteiger partial charge in [-0.3, -0.25) is 9.59 Å². The van der Waals surface area contributed by atoms with Gasteiger partial charge in [0.05, 0.1) is 23.7 Å². The zero-order chi connectivity index (χ0) is 21.0. The predicted octanol–water partition coefficient (Wildman–Crippen LogP) is 0.364. The number of anilines is 1. The van der Waals surface area contributed by atoms with Crippen molar-refractivity contribution in [2.24, 2.45) is 0 Å².